The predicted octanol–water partition coefficient (Wildman–Crippen LogP) is 5.72. The van der Waals surface area contributed by atoms with Gasteiger partial charge < -0.3 is 0 Å². The highest BCUT2D eigenvalue weighted by molar-refractivity contribution is 6.29. The first-order chi connectivity index (χ1) is 9.59. The van der Waals surface area contributed by atoms with E-state index in [0.29, 0.717) is 5.56 Å². The van der Waals surface area contributed by atoms with Crippen molar-refractivity contribution in [2.75, 3.05) is 0 Å². The lowest BCUT2D eigenvalue weighted by Crippen LogP contribution is -2.11. The molecular formula is C16H15ClF3N. The van der Waals surface area contributed by atoms with Gasteiger partial charge in [-0.1, -0.05) is 56.6 Å². The van der Waals surface area contributed by atoms with Gasteiger partial charge in [-0.25, -0.2) is 4.98 Å². The Hall–Kier alpha value is -1.55. The highest BCUT2D eigenvalue weighted by Gasteiger charge is 2.34. The summed E-state index contributed by atoms with van der Waals surface area (Å²) in [4.78, 5) is 3.85. The molecular weight excluding hydrogens is 299 g/mol. The van der Waals surface area contributed by atoms with Crippen molar-refractivity contribution in [3.8, 4) is 11.3 Å². The summed E-state index contributed by atoms with van der Waals surface area (Å²) in [6.07, 6.45) is -4.46. The maximum atomic E-state index is 13.1. The van der Waals surface area contributed by atoms with Crippen LogP contribution in [-0.2, 0) is 11.6 Å². The molecule has 21 heavy (non-hydrogen) atoms. The normalized spacial score (nSPS) is 12.5. The van der Waals surface area contributed by atoms with Crippen LogP contribution in [0.2, 0.25) is 5.15 Å². The van der Waals surface area contributed by atoms with Crippen molar-refractivity contribution in [3.63, 3.8) is 0 Å². The highest BCUT2D eigenvalue weighted by atomic mass is 35.5. The molecule has 5 heteroatoms. The van der Waals surface area contributed by atoms with Gasteiger partial charge in [0.15, 0.2) is 0 Å². The van der Waals surface area contributed by atoms with E-state index >= 15 is 0 Å². The summed E-state index contributed by atoms with van der Waals surface area (Å²) in [5, 5.41) is 0.0397. The lowest BCUT2D eigenvalue weighted by molar-refractivity contribution is -0.137. The molecule has 0 N–H and O–H groups in total. The van der Waals surface area contributed by atoms with Gasteiger partial charge in [0.1, 0.15) is 5.15 Å². The topological polar surface area (TPSA) is 12.9 Å². The summed E-state index contributed by atoms with van der Waals surface area (Å²) in [6, 6.07) is 9.04. The molecule has 0 saturated carbocycles. The van der Waals surface area contributed by atoms with Gasteiger partial charge in [0.25, 0.3) is 0 Å². The third-order valence-electron chi connectivity index (χ3n) is 3.19. The van der Waals surface area contributed by atoms with Gasteiger partial charge in [0, 0.05) is 5.56 Å². The third kappa shape index (κ3) is 3.56. The van der Waals surface area contributed by atoms with Gasteiger partial charge >= 0.3 is 6.18 Å². The molecule has 0 saturated heterocycles. The molecule has 0 unspecified atom stereocenters. The minimum Gasteiger partial charge on any atom is -0.235 e. The molecule has 0 aliphatic rings. The smallest absolute Gasteiger partial charge is 0.235 e. The number of aromatic nitrogens is 1. The van der Waals surface area contributed by atoms with Gasteiger partial charge in [-0.2, -0.15) is 13.2 Å². The van der Waals surface area contributed by atoms with E-state index in [0.717, 1.165) is 17.7 Å². The first-order valence-electron chi connectivity index (χ1n) is 6.44. The molecule has 0 spiro atoms. The molecule has 0 bridgehead atoms. The Morgan fingerprint density at radius 3 is 1.95 bits per heavy atom. The van der Waals surface area contributed by atoms with E-state index < -0.39 is 11.7 Å². The highest BCUT2D eigenvalue weighted by Crippen LogP contribution is 2.37. The molecule has 1 aromatic carbocycles. The van der Waals surface area contributed by atoms with E-state index in [-0.39, 0.29) is 16.3 Å². The SMILES string of the molecule is CC(C)(C)c1ccc(-c2nc(Cl)ccc2C(F)(F)F)cc1. The van der Waals surface area contributed by atoms with Crippen LogP contribution in [0.15, 0.2) is 36.4 Å². The number of rotatable bonds is 1. The molecule has 0 atom stereocenters. The van der Waals surface area contributed by atoms with Crippen LogP contribution in [0.25, 0.3) is 11.3 Å². The van der Waals surface area contributed by atoms with E-state index in [1.807, 2.05) is 32.9 Å². The number of hydrogen-bond acceptors (Lipinski definition) is 1. The second-order valence-corrected chi connectivity index (χ2v) is 6.24. The van der Waals surface area contributed by atoms with Gasteiger partial charge in [0.05, 0.1) is 11.3 Å². The molecule has 0 aliphatic carbocycles. The Labute approximate surface area is 126 Å². The monoisotopic (exact) mass is 313 g/mol. The largest absolute Gasteiger partial charge is 0.418 e. The van der Waals surface area contributed by atoms with Gasteiger partial charge in [-0.3, -0.25) is 0 Å². The Morgan fingerprint density at radius 2 is 1.48 bits per heavy atom. The second kappa shape index (κ2) is 5.34. The minimum atomic E-state index is -4.46. The fourth-order valence-electron chi connectivity index (χ4n) is 2.01. The number of halogens is 4. The van der Waals surface area contributed by atoms with Crippen molar-refractivity contribution in [1.82, 2.24) is 4.98 Å². The van der Waals surface area contributed by atoms with Crippen molar-refractivity contribution >= 4 is 11.6 Å². The molecule has 0 aliphatic heterocycles. The number of pyridine rings is 1. The molecule has 1 aromatic heterocycles. The molecule has 0 amide bonds. The predicted molar refractivity (Wildman–Crippen MR) is 78.4 cm³/mol. The first-order valence-corrected chi connectivity index (χ1v) is 6.81. The summed E-state index contributed by atoms with van der Waals surface area (Å²) in [6.45, 7) is 6.13. The van der Waals surface area contributed by atoms with E-state index in [2.05, 4.69) is 4.98 Å². The molecule has 112 valence electrons. The standard InChI is InChI=1S/C16H15ClF3N/c1-15(2,3)11-6-4-10(5-7-11)14-12(16(18,19)20)8-9-13(17)21-14/h4-9H,1-3H3. The Morgan fingerprint density at radius 1 is 0.905 bits per heavy atom. The molecule has 0 fully saturated rings. The second-order valence-electron chi connectivity index (χ2n) is 5.86. The zero-order valence-electron chi connectivity index (χ0n) is 11.9. The number of hydrogen-bond donors (Lipinski definition) is 0. The van der Waals surface area contributed by atoms with E-state index in [9.17, 15) is 13.2 Å². The summed E-state index contributed by atoms with van der Waals surface area (Å²) in [5.74, 6) is 0. The van der Waals surface area contributed by atoms with E-state index in [1.165, 1.54) is 0 Å². The molecule has 0 radical (unpaired) electrons. The molecule has 1 heterocycles. The number of nitrogens with zero attached hydrogens (tertiary/aromatic N) is 1. The summed E-state index contributed by atoms with van der Waals surface area (Å²) in [5.41, 5.74) is 0.457. The van der Waals surface area contributed by atoms with Gasteiger partial charge in [-0.15, -0.1) is 0 Å². The Balaban J connectivity index is 2.54. The minimum absolute atomic E-state index is 0.0397. The molecule has 1 nitrogen and oxygen atoms in total. The average Bonchev–Trinajstić information content (AvgIpc) is 2.36. The fraction of sp³-hybridized carbons (Fsp3) is 0.312. The average molecular weight is 314 g/mol. The van der Waals surface area contributed by atoms with Crippen molar-refractivity contribution in [2.45, 2.75) is 32.4 Å². The number of benzene rings is 1. The van der Waals surface area contributed by atoms with Gasteiger partial charge in [0.2, 0.25) is 0 Å². The Kier molecular flexibility index (Phi) is 4.02. The van der Waals surface area contributed by atoms with Crippen LogP contribution in [0.3, 0.4) is 0 Å². The van der Waals surface area contributed by atoms with Crippen LogP contribution in [0, 0.1) is 0 Å². The van der Waals surface area contributed by atoms with Crippen LogP contribution in [-0.4, -0.2) is 4.98 Å². The zero-order valence-corrected chi connectivity index (χ0v) is 12.7. The summed E-state index contributed by atoms with van der Waals surface area (Å²) in [7, 11) is 0. The van der Waals surface area contributed by atoms with Crippen molar-refractivity contribution in [2.24, 2.45) is 0 Å². The first kappa shape index (κ1) is 15.8. The van der Waals surface area contributed by atoms with Crippen LogP contribution in [0.4, 0.5) is 13.2 Å². The lowest BCUT2D eigenvalue weighted by atomic mass is 9.86. The van der Waals surface area contributed by atoms with E-state index in [4.69, 9.17) is 11.6 Å². The maximum absolute atomic E-state index is 13.1. The third-order valence-corrected chi connectivity index (χ3v) is 3.40. The van der Waals surface area contributed by atoms with Gasteiger partial charge in [-0.05, 0) is 23.1 Å². The van der Waals surface area contributed by atoms with Crippen LogP contribution in [0.5, 0.6) is 0 Å². The van der Waals surface area contributed by atoms with E-state index in [1.54, 1.807) is 12.1 Å². The fourth-order valence-corrected chi connectivity index (χ4v) is 2.16. The Bertz CT molecular complexity index is 640. The van der Waals surface area contributed by atoms with Crippen molar-refractivity contribution in [3.05, 3.63) is 52.7 Å². The van der Waals surface area contributed by atoms with Crippen LogP contribution >= 0.6 is 11.6 Å². The molecule has 2 aromatic rings. The van der Waals surface area contributed by atoms with Crippen molar-refractivity contribution < 1.29 is 13.2 Å². The lowest BCUT2D eigenvalue weighted by Gasteiger charge is -2.19. The molecule has 2 rings (SSSR count). The van der Waals surface area contributed by atoms with Crippen molar-refractivity contribution in [1.29, 1.82) is 0 Å². The zero-order chi connectivity index (χ0) is 15.8. The van der Waals surface area contributed by atoms with Crippen LogP contribution in [0.1, 0.15) is 31.9 Å². The number of alkyl halides is 3. The summed E-state index contributed by atoms with van der Waals surface area (Å²) >= 11 is 5.74. The quantitative estimate of drug-likeness (QED) is 0.614. The maximum Gasteiger partial charge on any atom is 0.418 e. The van der Waals surface area contributed by atoms with Crippen LogP contribution < -0.4 is 0 Å². The summed E-state index contributed by atoms with van der Waals surface area (Å²) < 4.78 is 39.2.